The molecule has 2 heterocycles. The number of hydrogen-bond donors (Lipinski definition) is 2. The number of benzene rings is 1. The molecular weight excluding hydrogens is 252 g/mol. The molecule has 0 saturated carbocycles. The fraction of sp³-hybridized carbons (Fsp3) is 0.200. The van der Waals surface area contributed by atoms with Crippen molar-refractivity contribution in [2.45, 2.75) is 6.42 Å². The van der Waals surface area contributed by atoms with Crippen molar-refractivity contribution in [1.29, 1.82) is 0 Å². The second kappa shape index (κ2) is 5.21. The van der Waals surface area contributed by atoms with E-state index in [1.807, 2.05) is 49.9 Å². The Morgan fingerprint density at radius 2 is 2.30 bits per heavy atom. The van der Waals surface area contributed by atoms with Crippen LogP contribution in [0.3, 0.4) is 0 Å². The summed E-state index contributed by atoms with van der Waals surface area (Å²) >= 11 is 0. The average molecular weight is 268 g/mol. The van der Waals surface area contributed by atoms with E-state index in [2.05, 4.69) is 15.4 Å². The highest BCUT2D eigenvalue weighted by molar-refractivity contribution is 5.98. The maximum absolute atomic E-state index is 12.1. The number of hydrogen-bond acceptors (Lipinski definition) is 2. The van der Waals surface area contributed by atoms with Crippen molar-refractivity contribution in [3.8, 4) is 0 Å². The van der Waals surface area contributed by atoms with Gasteiger partial charge >= 0.3 is 0 Å². The molecule has 2 N–H and O–H groups in total. The minimum absolute atomic E-state index is 0.0445. The molecule has 5 heteroatoms. The van der Waals surface area contributed by atoms with Gasteiger partial charge in [0.1, 0.15) is 0 Å². The minimum Gasteiger partial charge on any atom is -0.361 e. The number of carbonyl (C=O) groups excluding carboxylic acids is 1. The van der Waals surface area contributed by atoms with E-state index in [1.54, 1.807) is 4.68 Å². The first-order valence-corrected chi connectivity index (χ1v) is 6.55. The molecular formula is C15H16N4O. The van der Waals surface area contributed by atoms with Crippen molar-refractivity contribution in [1.82, 2.24) is 20.1 Å². The van der Waals surface area contributed by atoms with Gasteiger partial charge in [0.15, 0.2) is 0 Å². The first-order chi connectivity index (χ1) is 9.72. The quantitative estimate of drug-likeness (QED) is 0.759. The third-order valence-corrected chi connectivity index (χ3v) is 3.27. The summed E-state index contributed by atoms with van der Waals surface area (Å²) in [5, 5.41) is 8.07. The standard InChI is InChI=1S/C15H16N4O/c1-19-10-11(9-18-19)4-6-17-15(20)13-2-3-14-12(8-13)5-7-16-14/h2-3,5,7-10,16H,4,6H2,1H3,(H,17,20). The smallest absolute Gasteiger partial charge is 0.251 e. The Balaban J connectivity index is 1.61. The van der Waals surface area contributed by atoms with E-state index >= 15 is 0 Å². The Kier molecular flexibility index (Phi) is 3.25. The molecule has 0 fully saturated rings. The predicted octanol–water partition coefficient (Wildman–Crippen LogP) is 1.87. The largest absolute Gasteiger partial charge is 0.361 e. The van der Waals surface area contributed by atoms with E-state index in [0.29, 0.717) is 12.1 Å². The van der Waals surface area contributed by atoms with Gasteiger partial charge in [0, 0.05) is 42.5 Å². The first-order valence-electron chi connectivity index (χ1n) is 6.55. The number of aromatic amines is 1. The van der Waals surface area contributed by atoms with Crippen LogP contribution < -0.4 is 5.32 Å². The Hall–Kier alpha value is -2.56. The molecule has 1 amide bonds. The third kappa shape index (κ3) is 2.56. The van der Waals surface area contributed by atoms with Gasteiger partial charge in [-0.05, 0) is 36.2 Å². The van der Waals surface area contributed by atoms with Crippen LogP contribution in [0.1, 0.15) is 15.9 Å². The number of carbonyl (C=O) groups is 1. The molecule has 0 aliphatic rings. The van der Waals surface area contributed by atoms with E-state index in [-0.39, 0.29) is 5.91 Å². The molecule has 5 nitrogen and oxygen atoms in total. The lowest BCUT2D eigenvalue weighted by Crippen LogP contribution is -2.25. The molecule has 2 aromatic heterocycles. The number of H-pyrrole nitrogens is 1. The van der Waals surface area contributed by atoms with Crippen LogP contribution in [0, 0.1) is 0 Å². The average Bonchev–Trinajstić information content (AvgIpc) is 3.06. The molecule has 20 heavy (non-hydrogen) atoms. The minimum atomic E-state index is -0.0445. The van der Waals surface area contributed by atoms with Gasteiger partial charge in [0.05, 0.1) is 6.20 Å². The maximum atomic E-state index is 12.1. The van der Waals surface area contributed by atoms with Crippen LogP contribution in [-0.2, 0) is 13.5 Å². The number of nitrogens with one attached hydrogen (secondary N) is 2. The van der Waals surface area contributed by atoms with Gasteiger partial charge in [-0.3, -0.25) is 9.48 Å². The van der Waals surface area contributed by atoms with Crippen molar-refractivity contribution in [3.63, 3.8) is 0 Å². The zero-order valence-electron chi connectivity index (χ0n) is 11.3. The van der Waals surface area contributed by atoms with Crippen LogP contribution in [0.4, 0.5) is 0 Å². The maximum Gasteiger partial charge on any atom is 0.251 e. The number of fused-ring (bicyclic) bond motifs is 1. The number of aryl methyl sites for hydroxylation is 1. The monoisotopic (exact) mass is 268 g/mol. The molecule has 3 aromatic rings. The first kappa shape index (κ1) is 12.5. The molecule has 102 valence electrons. The third-order valence-electron chi connectivity index (χ3n) is 3.27. The highest BCUT2D eigenvalue weighted by Gasteiger charge is 2.06. The molecule has 0 aliphatic heterocycles. The Labute approximate surface area is 116 Å². The highest BCUT2D eigenvalue weighted by atomic mass is 16.1. The number of nitrogens with zero attached hydrogens (tertiary/aromatic N) is 2. The SMILES string of the molecule is Cn1cc(CCNC(=O)c2ccc3[nH]ccc3c2)cn1. The van der Waals surface area contributed by atoms with Gasteiger partial charge in [0.25, 0.3) is 5.91 Å². The summed E-state index contributed by atoms with van der Waals surface area (Å²) in [5.74, 6) is -0.0445. The fourth-order valence-corrected chi connectivity index (χ4v) is 2.22. The Morgan fingerprint density at radius 3 is 3.10 bits per heavy atom. The van der Waals surface area contributed by atoms with E-state index in [9.17, 15) is 4.79 Å². The normalized spacial score (nSPS) is 10.8. The van der Waals surface area contributed by atoms with Gasteiger partial charge in [-0.15, -0.1) is 0 Å². The van der Waals surface area contributed by atoms with Crippen molar-refractivity contribution < 1.29 is 4.79 Å². The number of amides is 1. The van der Waals surface area contributed by atoms with Crippen molar-refractivity contribution in [2.24, 2.45) is 7.05 Å². The van der Waals surface area contributed by atoms with Crippen LogP contribution in [0.5, 0.6) is 0 Å². The molecule has 0 spiro atoms. The molecule has 0 unspecified atom stereocenters. The zero-order valence-corrected chi connectivity index (χ0v) is 11.3. The molecule has 3 rings (SSSR count). The topological polar surface area (TPSA) is 62.7 Å². The van der Waals surface area contributed by atoms with E-state index in [1.165, 1.54) is 0 Å². The van der Waals surface area contributed by atoms with Gasteiger partial charge in [-0.1, -0.05) is 0 Å². The van der Waals surface area contributed by atoms with Gasteiger partial charge < -0.3 is 10.3 Å². The summed E-state index contributed by atoms with van der Waals surface area (Å²) in [5.41, 5.74) is 2.84. The Morgan fingerprint density at radius 1 is 1.40 bits per heavy atom. The second-order valence-electron chi connectivity index (χ2n) is 4.81. The fourth-order valence-electron chi connectivity index (χ4n) is 2.22. The molecule has 0 saturated heterocycles. The number of aromatic nitrogens is 3. The molecule has 1 aromatic carbocycles. The van der Waals surface area contributed by atoms with E-state index in [0.717, 1.165) is 22.9 Å². The summed E-state index contributed by atoms with van der Waals surface area (Å²) in [7, 11) is 1.88. The van der Waals surface area contributed by atoms with E-state index < -0.39 is 0 Å². The highest BCUT2D eigenvalue weighted by Crippen LogP contribution is 2.14. The summed E-state index contributed by atoms with van der Waals surface area (Å²) in [6, 6.07) is 7.61. The lowest BCUT2D eigenvalue weighted by atomic mass is 10.1. The molecule has 0 bridgehead atoms. The second-order valence-corrected chi connectivity index (χ2v) is 4.81. The summed E-state index contributed by atoms with van der Waals surface area (Å²) in [4.78, 5) is 15.2. The van der Waals surface area contributed by atoms with Crippen molar-refractivity contribution in [3.05, 3.63) is 54.0 Å². The van der Waals surface area contributed by atoms with Gasteiger partial charge in [0.2, 0.25) is 0 Å². The van der Waals surface area contributed by atoms with Crippen molar-refractivity contribution in [2.75, 3.05) is 6.54 Å². The molecule has 0 radical (unpaired) electrons. The van der Waals surface area contributed by atoms with Crippen LogP contribution in [-0.4, -0.2) is 27.2 Å². The molecule has 0 atom stereocenters. The lowest BCUT2D eigenvalue weighted by Gasteiger charge is -2.04. The van der Waals surface area contributed by atoms with Gasteiger partial charge in [-0.25, -0.2) is 0 Å². The van der Waals surface area contributed by atoms with Crippen molar-refractivity contribution >= 4 is 16.8 Å². The van der Waals surface area contributed by atoms with Crippen LogP contribution >= 0.6 is 0 Å². The van der Waals surface area contributed by atoms with Crippen LogP contribution in [0.2, 0.25) is 0 Å². The lowest BCUT2D eigenvalue weighted by molar-refractivity contribution is 0.0954. The van der Waals surface area contributed by atoms with E-state index in [4.69, 9.17) is 0 Å². The zero-order chi connectivity index (χ0) is 13.9. The Bertz CT molecular complexity index is 741. The van der Waals surface area contributed by atoms with Crippen LogP contribution in [0.25, 0.3) is 10.9 Å². The molecule has 0 aliphatic carbocycles. The predicted molar refractivity (Wildman–Crippen MR) is 77.5 cm³/mol. The van der Waals surface area contributed by atoms with Gasteiger partial charge in [-0.2, -0.15) is 5.10 Å². The summed E-state index contributed by atoms with van der Waals surface area (Å²) < 4.78 is 1.76. The van der Waals surface area contributed by atoms with Crippen LogP contribution in [0.15, 0.2) is 42.9 Å². The summed E-state index contributed by atoms with van der Waals surface area (Å²) in [6.07, 6.45) is 6.43. The summed E-state index contributed by atoms with van der Waals surface area (Å²) in [6.45, 7) is 0.607. The number of rotatable bonds is 4.